The van der Waals surface area contributed by atoms with Crippen LogP contribution in [0.15, 0.2) is 30.5 Å². The minimum atomic E-state index is -0.277. The van der Waals surface area contributed by atoms with E-state index in [1.54, 1.807) is 0 Å². The largest absolute Gasteiger partial charge is 0.392 e. The lowest BCUT2D eigenvalue weighted by molar-refractivity contribution is 0.123. The van der Waals surface area contributed by atoms with E-state index in [1.165, 1.54) is 10.9 Å². The zero-order chi connectivity index (χ0) is 12.3. The Balaban J connectivity index is 1.97. The van der Waals surface area contributed by atoms with Crippen molar-refractivity contribution in [3.05, 3.63) is 36.0 Å². The van der Waals surface area contributed by atoms with E-state index in [0.29, 0.717) is 12.5 Å². The van der Waals surface area contributed by atoms with Crippen molar-refractivity contribution < 1.29 is 5.11 Å². The standard InChI is InChI=1S/C14H20N2O/c1-10(2)14(17)9-15-8-11-4-3-5-13-12(11)6-7-16-13/h3-7,10,14-17H,8-9H2,1-2H3. The molecular weight excluding hydrogens is 212 g/mol. The number of aromatic nitrogens is 1. The number of hydrogen-bond donors (Lipinski definition) is 3. The number of rotatable bonds is 5. The first-order chi connectivity index (χ1) is 8.18. The minimum Gasteiger partial charge on any atom is -0.392 e. The van der Waals surface area contributed by atoms with Crippen LogP contribution in [0.4, 0.5) is 0 Å². The highest BCUT2D eigenvalue weighted by Crippen LogP contribution is 2.17. The summed E-state index contributed by atoms with van der Waals surface area (Å²) in [5.41, 5.74) is 2.42. The second-order valence-corrected chi connectivity index (χ2v) is 4.80. The van der Waals surface area contributed by atoms with Crippen LogP contribution in [0.25, 0.3) is 10.9 Å². The van der Waals surface area contributed by atoms with Gasteiger partial charge in [0.2, 0.25) is 0 Å². The van der Waals surface area contributed by atoms with Crippen molar-refractivity contribution in [1.29, 1.82) is 0 Å². The fourth-order valence-electron chi connectivity index (χ4n) is 1.90. The van der Waals surface area contributed by atoms with Gasteiger partial charge in [-0.05, 0) is 23.6 Å². The normalized spacial score (nSPS) is 13.4. The van der Waals surface area contributed by atoms with E-state index >= 15 is 0 Å². The summed E-state index contributed by atoms with van der Waals surface area (Å²) in [6.07, 6.45) is 1.68. The highest BCUT2D eigenvalue weighted by atomic mass is 16.3. The molecule has 2 aromatic rings. The van der Waals surface area contributed by atoms with Gasteiger partial charge in [-0.3, -0.25) is 0 Å². The fourth-order valence-corrected chi connectivity index (χ4v) is 1.90. The maximum atomic E-state index is 9.71. The lowest BCUT2D eigenvalue weighted by Crippen LogP contribution is -2.30. The first kappa shape index (κ1) is 12.1. The molecule has 3 N–H and O–H groups in total. The lowest BCUT2D eigenvalue weighted by Gasteiger charge is -2.15. The second-order valence-electron chi connectivity index (χ2n) is 4.80. The van der Waals surface area contributed by atoms with Crippen molar-refractivity contribution >= 4 is 10.9 Å². The van der Waals surface area contributed by atoms with Crippen molar-refractivity contribution in [1.82, 2.24) is 10.3 Å². The van der Waals surface area contributed by atoms with Gasteiger partial charge < -0.3 is 15.4 Å². The number of aliphatic hydroxyl groups excluding tert-OH is 1. The van der Waals surface area contributed by atoms with Gasteiger partial charge >= 0.3 is 0 Å². The van der Waals surface area contributed by atoms with Gasteiger partial charge in [0.15, 0.2) is 0 Å². The minimum absolute atomic E-state index is 0.277. The summed E-state index contributed by atoms with van der Waals surface area (Å²) in [6, 6.07) is 8.33. The Morgan fingerprint density at radius 2 is 2.12 bits per heavy atom. The van der Waals surface area contributed by atoms with Crippen molar-refractivity contribution in [3.63, 3.8) is 0 Å². The summed E-state index contributed by atoms with van der Waals surface area (Å²) >= 11 is 0. The molecule has 0 amide bonds. The number of aliphatic hydroxyl groups is 1. The molecule has 2 rings (SSSR count). The highest BCUT2D eigenvalue weighted by molar-refractivity contribution is 5.82. The molecule has 0 spiro atoms. The molecule has 17 heavy (non-hydrogen) atoms. The number of fused-ring (bicyclic) bond motifs is 1. The van der Waals surface area contributed by atoms with E-state index in [2.05, 4.69) is 34.6 Å². The predicted octanol–water partition coefficient (Wildman–Crippen LogP) is 2.27. The summed E-state index contributed by atoms with van der Waals surface area (Å²) in [6.45, 7) is 5.48. The van der Waals surface area contributed by atoms with Gasteiger partial charge in [-0.1, -0.05) is 26.0 Å². The molecule has 1 heterocycles. The van der Waals surface area contributed by atoms with Gasteiger partial charge in [0.05, 0.1) is 6.10 Å². The Labute approximate surface area is 102 Å². The van der Waals surface area contributed by atoms with Gasteiger partial charge in [0.25, 0.3) is 0 Å². The molecule has 1 aromatic carbocycles. The molecule has 0 saturated carbocycles. The van der Waals surface area contributed by atoms with Crippen LogP contribution in [0.5, 0.6) is 0 Å². The topological polar surface area (TPSA) is 48.0 Å². The lowest BCUT2D eigenvalue weighted by atomic mass is 10.1. The van der Waals surface area contributed by atoms with Gasteiger partial charge in [-0.25, -0.2) is 0 Å². The maximum absolute atomic E-state index is 9.71. The van der Waals surface area contributed by atoms with Crippen LogP contribution in [0.2, 0.25) is 0 Å². The molecule has 0 fully saturated rings. The van der Waals surface area contributed by atoms with Crippen LogP contribution in [0.1, 0.15) is 19.4 Å². The fraction of sp³-hybridized carbons (Fsp3) is 0.429. The third-order valence-electron chi connectivity index (χ3n) is 3.12. The number of hydrogen-bond acceptors (Lipinski definition) is 2. The first-order valence-electron chi connectivity index (χ1n) is 6.12. The molecule has 0 aliphatic carbocycles. The summed E-state index contributed by atoms with van der Waals surface area (Å²) in [5, 5.41) is 14.3. The molecule has 92 valence electrons. The SMILES string of the molecule is CC(C)C(O)CNCc1cccc2[nH]ccc12. The van der Waals surface area contributed by atoms with Gasteiger partial charge in [0.1, 0.15) is 0 Å². The van der Waals surface area contributed by atoms with Crippen molar-refractivity contribution in [3.8, 4) is 0 Å². The zero-order valence-electron chi connectivity index (χ0n) is 10.4. The number of H-pyrrole nitrogens is 1. The number of benzene rings is 1. The monoisotopic (exact) mass is 232 g/mol. The summed E-state index contributed by atoms with van der Waals surface area (Å²) < 4.78 is 0. The summed E-state index contributed by atoms with van der Waals surface area (Å²) in [7, 11) is 0. The quantitative estimate of drug-likeness (QED) is 0.740. The van der Waals surface area contributed by atoms with Crippen LogP contribution >= 0.6 is 0 Å². The molecule has 3 nitrogen and oxygen atoms in total. The van der Waals surface area contributed by atoms with Crippen LogP contribution in [-0.4, -0.2) is 22.7 Å². The van der Waals surface area contributed by atoms with Gasteiger partial charge in [0, 0.05) is 30.2 Å². The third kappa shape index (κ3) is 2.87. The molecular formula is C14H20N2O. The summed E-state index contributed by atoms with van der Waals surface area (Å²) in [4.78, 5) is 3.20. The highest BCUT2D eigenvalue weighted by Gasteiger charge is 2.08. The van der Waals surface area contributed by atoms with Crippen LogP contribution < -0.4 is 5.32 Å². The molecule has 0 aliphatic heterocycles. The van der Waals surface area contributed by atoms with Gasteiger partial charge in [-0.2, -0.15) is 0 Å². The molecule has 1 atom stereocenters. The van der Waals surface area contributed by atoms with Crippen LogP contribution in [0, 0.1) is 5.92 Å². The molecule has 0 bridgehead atoms. The Hall–Kier alpha value is -1.32. The van der Waals surface area contributed by atoms with Crippen LogP contribution in [-0.2, 0) is 6.54 Å². The Morgan fingerprint density at radius 3 is 2.88 bits per heavy atom. The average molecular weight is 232 g/mol. The summed E-state index contributed by atoms with van der Waals surface area (Å²) in [5.74, 6) is 0.297. The predicted molar refractivity (Wildman–Crippen MR) is 70.9 cm³/mol. The smallest absolute Gasteiger partial charge is 0.0687 e. The van der Waals surface area contributed by atoms with E-state index in [9.17, 15) is 5.11 Å². The van der Waals surface area contributed by atoms with Crippen molar-refractivity contribution in [2.45, 2.75) is 26.5 Å². The Morgan fingerprint density at radius 1 is 1.29 bits per heavy atom. The average Bonchev–Trinajstić information content (AvgIpc) is 2.77. The second kappa shape index (κ2) is 5.34. The van der Waals surface area contributed by atoms with Crippen LogP contribution in [0.3, 0.4) is 0 Å². The molecule has 1 aromatic heterocycles. The first-order valence-corrected chi connectivity index (χ1v) is 6.12. The van der Waals surface area contributed by atoms with E-state index in [0.717, 1.165) is 12.1 Å². The molecule has 0 radical (unpaired) electrons. The van der Waals surface area contributed by atoms with Crippen molar-refractivity contribution in [2.24, 2.45) is 5.92 Å². The Bertz CT molecular complexity index is 476. The maximum Gasteiger partial charge on any atom is 0.0687 e. The molecule has 0 aliphatic rings. The zero-order valence-corrected chi connectivity index (χ0v) is 10.4. The number of aromatic amines is 1. The van der Waals surface area contributed by atoms with Gasteiger partial charge in [-0.15, -0.1) is 0 Å². The van der Waals surface area contributed by atoms with Crippen molar-refractivity contribution in [2.75, 3.05) is 6.54 Å². The Kier molecular flexibility index (Phi) is 3.82. The van der Waals surface area contributed by atoms with E-state index in [1.807, 2.05) is 20.0 Å². The number of nitrogens with one attached hydrogen (secondary N) is 2. The van der Waals surface area contributed by atoms with E-state index in [-0.39, 0.29) is 6.10 Å². The van der Waals surface area contributed by atoms with E-state index in [4.69, 9.17) is 0 Å². The molecule has 0 saturated heterocycles. The molecule has 1 unspecified atom stereocenters. The third-order valence-corrected chi connectivity index (χ3v) is 3.12. The molecule has 3 heteroatoms. The van der Waals surface area contributed by atoms with E-state index < -0.39 is 0 Å².